The molecule has 0 radical (unpaired) electrons. The van der Waals surface area contributed by atoms with Gasteiger partial charge in [-0.2, -0.15) is 0 Å². The lowest BCUT2D eigenvalue weighted by atomic mass is 10.1. The first-order valence-corrected chi connectivity index (χ1v) is 9.82. The number of likely N-dealkylation sites (tertiary alicyclic amines) is 1. The van der Waals surface area contributed by atoms with Crippen LogP contribution in [0.4, 0.5) is 8.78 Å². The van der Waals surface area contributed by atoms with E-state index in [1.165, 1.54) is 6.07 Å². The fraction of sp³-hybridized carbons (Fsp3) is 0.650. The summed E-state index contributed by atoms with van der Waals surface area (Å²) in [6.07, 6.45) is 3.57. The summed E-state index contributed by atoms with van der Waals surface area (Å²) in [7, 11) is 1.74. The van der Waals surface area contributed by atoms with E-state index < -0.39 is 5.82 Å². The van der Waals surface area contributed by atoms with Crippen LogP contribution in [0.25, 0.3) is 0 Å². The molecule has 2 N–H and O–H groups in total. The molecule has 8 heteroatoms. The Hall–Kier alpha value is -1.00. The molecule has 1 aliphatic rings. The number of hydrogen-bond acceptors (Lipinski definition) is 3. The number of hydrogen-bond donors (Lipinski definition) is 2. The van der Waals surface area contributed by atoms with Crippen LogP contribution in [-0.2, 0) is 11.2 Å². The molecule has 1 fully saturated rings. The minimum absolute atomic E-state index is 0. The van der Waals surface area contributed by atoms with Crippen LogP contribution in [0, 0.1) is 11.6 Å². The average molecular weight is 510 g/mol. The first-order valence-electron chi connectivity index (χ1n) is 9.82. The monoisotopic (exact) mass is 510 g/mol. The largest absolute Gasteiger partial charge is 0.385 e. The van der Waals surface area contributed by atoms with Crippen LogP contribution >= 0.6 is 24.0 Å². The Labute approximate surface area is 184 Å². The molecule has 1 heterocycles. The van der Waals surface area contributed by atoms with Crippen molar-refractivity contribution < 1.29 is 13.5 Å². The van der Waals surface area contributed by atoms with E-state index in [0.717, 1.165) is 70.1 Å². The standard InChI is InChI=1S/C20H32F2N4O.HI/c1-3-23-20(24-10-7-16-15-17(21)5-6-19(16)22)25-18-8-12-26(13-9-18)11-4-14-27-2;/h5-6,15,18H,3-4,7-14H2,1-2H3,(H2,23,24,25);1H. The van der Waals surface area contributed by atoms with Gasteiger partial charge in [0, 0.05) is 52.5 Å². The van der Waals surface area contributed by atoms with Gasteiger partial charge in [-0.1, -0.05) is 0 Å². The Morgan fingerprint density at radius 1 is 1.29 bits per heavy atom. The smallest absolute Gasteiger partial charge is 0.191 e. The van der Waals surface area contributed by atoms with E-state index >= 15 is 0 Å². The van der Waals surface area contributed by atoms with Crippen molar-refractivity contribution in [2.75, 3.05) is 46.4 Å². The molecule has 0 saturated carbocycles. The zero-order chi connectivity index (χ0) is 19.5. The number of methoxy groups -OCH3 is 1. The molecular formula is C20H33F2IN4O. The third-order valence-electron chi connectivity index (χ3n) is 4.75. The van der Waals surface area contributed by atoms with Gasteiger partial charge in [0.25, 0.3) is 0 Å². The topological polar surface area (TPSA) is 48.9 Å². The quantitative estimate of drug-likeness (QED) is 0.232. The predicted molar refractivity (Wildman–Crippen MR) is 121 cm³/mol. The number of guanidine groups is 1. The lowest BCUT2D eigenvalue weighted by Crippen LogP contribution is -2.49. The zero-order valence-electron chi connectivity index (χ0n) is 16.8. The molecule has 1 aromatic rings. The lowest BCUT2D eigenvalue weighted by molar-refractivity contribution is 0.155. The maximum atomic E-state index is 13.7. The SMILES string of the molecule is CCNC(=NCCc1cc(F)ccc1F)NC1CCN(CCCOC)CC1.I. The van der Waals surface area contributed by atoms with Gasteiger partial charge in [-0.3, -0.25) is 4.99 Å². The van der Waals surface area contributed by atoms with Crippen molar-refractivity contribution in [1.29, 1.82) is 0 Å². The van der Waals surface area contributed by atoms with Crippen LogP contribution < -0.4 is 10.6 Å². The summed E-state index contributed by atoms with van der Waals surface area (Å²) in [6, 6.07) is 3.92. The lowest BCUT2D eigenvalue weighted by Gasteiger charge is -2.33. The molecule has 0 aromatic heterocycles. The van der Waals surface area contributed by atoms with Crippen LogP contribution in [0.1, 0.15) is 31.7 Å². The van der Waals surface area contributed by atoms with Crippen molar-refractivity contribution in [2.45, 2.75) is 38.6 Å². The molecule has 0 amide bonds. The van der Waals surface area contributed by atoms with Crippen molar-refractivity contribution in [2.24, 2.45) is 4.99 Å². The molecule has 0 aliphatic carbocycles. The molecule has 1 aliphatic heterocycles. The van der Waals surface area contributed by atoms with Crippen molar-refractivity contribution in [3.63, 3.8) is 0 Å². The van der Waals surface area contributed by atoms with Gasteiger partial charge in [0.2, 0.25) is 0 Å². The first-order chi connectivity index (χ1) is 13.1. The Balaban J connectivity index is 0.00000392. The second kappa shape index (κ2) is 14.1. The maximum Gasteiger partial charge on any atom is 0.191 e. The van der Waals surface area contributed by atoms with Gasteiger partial charge < -0.3 is 20.3 Å². The van der Waals surface area contributed by atoms with Crippen molar-refractivity contribution >= 4 is 29.9 Å². The molecule has 0 unspecified atom stereocenters. The van der Waals surface area contributed by atoms with Gasteiger partial charge in [0.05, 0.1) is 0 Å². The Bertz CT molecular complexity index is 596. The van der Waals surface area contributed by atoms with Crippen LogP contribution in [0.15, 0.2) is 23.2 Å². The highest BCUT2D eigenvalue weighted by Gasteiger charge is 2.19. The Morgan fingerprint density at radius 3 is 2.71 bits per heavy atom. The van der Waals surface area contributed by atoms with Crippen molar-refractivity contribution in [3.05, 3.63) is 35.4 Å². The third-order valence-corrected chi connectivity index (χ3v) is 4.75. The van der Waals surface area contributed by atoms with E-state index in [4.69, 9.17) is 4.74 Å². The second-order valence-electron chi connectivity index (χ2n) is 6.85. The van der Waals surface area contributed by atoms with Crippen LogP contribution in [-0.4, -0.2) is 63.3 Å². The summed E-state index contributed by atoms with van der Waals surface area (Å²) in [6.45, 7) is 7.20. The Kier molecular flexibility index (Phi) is 12.6. The van der Waals surface area contributed by atoms with Gasteiger partial charge in [0.1, 0.15) is 11.6 Å². The van der Waals surface area contributed by atoms with Gasteiger partial charge in [0.15, 0.2) is 5.96 Å². The fourth-order valence-electron chi connectivity index (χ4n) is 3.27. The highest BCUT2D eigenvalue weighted by atomic mass is 127. The molecule has 160 valence electrons. The van der Waals surface area contributed by atoms with E-state index in [1.807, 2.05) is 6.92 Å². The first kappa shape index (κ1) is 25.0. The van der Waals surface area contributed by atoms with Gasteiger partial charge in [-0.15, -0.1) is 24.0 Å². The van der Waals surface area contributed by atoms with Gasteiger partial charge in [-0.05, 0) is 56.4 Å². The zero-order valence-corrected chi connectivity index (χ0v) is 19.2. The number of halogens is 3. The minimum atomic E-state index is -0.419. The molecule has 28 heavy (non-hydrogen) atoms. The number of benzene rings is 1. The normalized spacial score (nSPS) is 15.9. The summed E-state index contributed by atoms with van der Waals surface area (Å²) in [5, 5.41) is 6.71. The van der Waals surface area contributed by atoms with E-state index in [-0.39, 0.29) is 29.8 Å². The Morgan fingerprint density at radius 2 is 2.04 bits per heavy atom. The molecule has 0 atom stereocenters. The maximum absolute atomic E-state index is 13.7. The number of rotatable bonds is 9. The highest BCUT2D eigenvalue weighted by molar-refractivity contribution is 14.0. The van der Waals surface area contributed by atoms with Crippen LogP contribution in [0.2, 0.25) is 0 Å². The van der Waals surface area contributed by atoms with E-state index in [2.05, 4.69) is 20.5 Å². The summed E-state index contributed by atoms with van der Waals surface area (Å²) in [5.74, 6) is -0.0600. The average Bonchev–Trinajstić information content (AvgIpc) is 2.66. The van der Waals surface area contributed by atoms with Crippen molar-refractivity contribution in [1.82, 2.24) is 15.5 Å². The predicted octanol–water partition coefficient (Wildman–Crippen LogP) is 3.18. The summed E-state index contributed by atoms with van der Waals surface area (Å²) < 4.78 is 32.1. The number of nitrogens with zero attached hydrogens (tertiary/aromatic N) is 2. The summed E-state index contributed by atoms with van der Waals surface area (Å²) in [4.78, 5) is 6.99. The summed E-state index contributed by atoms with van der Waals surface area (Å²) >= 11 is 0. The number of ether oxygens (including phenoxy) is 1. The highest BCUT2D eigenvalue weighted by Crippen LogP contribution is 2.12. The third kappa shape index (κ3) is 9.00. The molecule has 1 aromatic carbocycles. The summed E-state index contributed by atoms with van der Waals surface area (Å²) in [5.41, 5.74) is 0.360. The number of piperidine rings is 1. The number of aliphatic imine (C=N–C) groups is 1. The molecule has 2 rings (SSSR count). The van der Waals surface area contributed by atoms with E-state index in [1.54, 1.807) is 7.11 Å². The minimum Gasteiger partial charge on any atom is -0.385 e. The number of nitrogens with one attached hydrogen (secondary N) is 2. The molecule has 0 bridgehead atoms. The molecule has 0 spiro atoms. The van der Waals surface area contributed by atoms with Crippen molar-refractivity contribution in [3.8, 4) is 0 Å². The molecule has 5 nitrogen and oxygen atoms in total. The van der Waals surface area contributed by atoms with E-state index in [9.17, 15) is 8.78 Å². The van der Waals surface area contributed by atoms with Gasteiger partial charge in [-0.25, -0.2) is 8.78 Å². The van der Waals surface area contributed by atoms with E-state index in [0.29, 0.717) is 24.6 Å². The molecule has 1 saturated heterocycles. The second-order valence-corrected chi connectivity index (χ2v) is 6.85. The van der Waals surface area contributed by atoms with Crippen LogP contribution in [0.3, 0.4) is 0 Å². The van der Waals surface area contributed by atoms with Gasteiger partial charge >= 0.3 is 0 Å². The fourth-order valence-corrected chi connectivity index (χ4v) is 3.27. The molecular weight excluding hydrogens is 477 g/mol. The van der Waals surface area contributed by atoms with Crippen LogP contribution in [0.5, 0.6) is 0 Å².